The largest absolute Gasteiger partial charge is 0.496 e. The normalized spacial score (nSPS) is 15.7. The molecule has 2 rings (SSSR count). The van der Waals surface area contributed by atoms with Crippen molar-refractivity contribution in [1.29, 1.82) is 0 Å². The van der Waals surface area contributed by atoms with Gasteiger partial charge in [0, 0.05) is 11.8 Å². The quantitative estimate of drug-likeness (QED) is 0.656. The first-order valence-corrected chi connectivity index (χ1v) is 6.39. The molecule has 3 heteroatoms. The van der Waals surface area contributed by atoms with E-state index in [4.69, 9.17) is 10.5 Å². The van der Waals surface area contributed by atoms with Gasteiger partial charge in [0.1, 0.15) is 5.75 Å². The first kappa shape index (κ1) is 12.7. The van der Waals surface area contributed by atoms with E-state index in [1.807, 2.05) is 0 Å². The fraction of sp³-hybridized carbons (Fsp3) is 0.400. The Morgan fingerprint density at radius 3 is 2.89 bits per heavy atom. The van der Waals surface area contributed by atoms with E-state index in [2.05, 4.69) is 6.08 Å². The van der Waals surface area contributed by atoms with Crippen LogP contribution in [0.5, 0.6) is 5.75 Å². The maximum atomic E-state index is 12.5. The highest BCUT2D eigenvalue weighted by Gasteiger charge is 2.17. The van der Waals surface area contributed by atoms with Gasteiger partial charge >= 0.3 is 0 Å². The van der Waals surface area contributed by atoms with Crippen molar-refractivity contribution in [2.45, 2.75) is 32.1 Å². The molecule has 0 amide bonds. The number of ketones is 1. The van der Waals surface area contributed by atoms with Gasteiger partial charge in [0.15, 0.2) is 5.78 Å². The minimum absolute atomic E-state index is 0.0775. The van der Waals surface area contributed by atoms with Gasteiger partial charge in [-0.1, -0.05) is 12.5 Å². The molecule has 1 aromatic carbocycles. The maximum absolute atomic E-state index is 12.5. The second kappa shape index (κ2) is 5.71. The molecule has 3 nitrogen and oxygen atoms in total. The van der Waals surface area contributed by atoms with Crippen molar-refractivity contribution in [1.82, 2.24) is 0 Å². The molecule has 0 saturated carbocycles. The van der Waals surface area contributed by atoms with Crippen LogP contribution < -0.4 is 10.5 Å². The van der Waals surface area contributed by atoms with Crippen molar-refractivity contribution in [3.05, 3.63) is 35.4 Å². The molecule has 0 bridgehead atoms. The zero-order valence-corrected chi connectivity index (χ0v) is 10.7. The molecule has 0 radical (unpaired) electrons. The van der Waals surface area contributed by atoms with Crippen molar-refractivity contribution in [3.8, 4) is 5.75 Å². The Labute approximate surface area is 108 Å². The number of benzene rings is 1. The third-order valence-electron chi connectivity index (χ3n) is 3.30. The van der Waals surface area contributed by atoms with E-state index in [0.717, 1.165) is 24.8 Å². The van der Waals surface area contributed by atoms with Crippen LogP contribution in [0.1, 0.15) is 42.5 Å². The van der Waals surface area contributed by atoms with Crippen LogP contribution in [-0.2, 0) is 0 Å². The van der Waals surface area contributed by atoms with Crippen molar-refractivity contribution < 1.29 is 9.53 Å². The standard InChI is InChI=1S/C15H19NO2/c1-18-14-10-12(16)8-9-13(14)15(17)11-6-4-2-3-5-7-11/h6,8-10H,2-5,7,16H2,1H3. The van der Waals surface area contributed by atoms with Crippen LogP contribution >= 0.6 is 0 Å². The molecule has 18 heavy (non-hydrogen) atoms. The fourth-order valence-corrected chi connectivity index (χ4v) is 2.29. The molecule has 0 aliphatic heterocycles. The molecule has 1 aliphatic carbocycles. The number of anilines is 1. The number of hydrogen-bond donors (Lipinski definition) is 1. The first-order chi connectivity index (χ1) is 8.72. The number of hydrogen-bond acceptors (Lipinski definition) is 3. The van der Waals surface area contributed by atoms with E-state index in [0.29, 0.717) is 17.0 Å². The van der Waals surface area contributed by atoms with Gasteiger partial charge in [-0.05, 0) is 43.4 Å². The van der Waals surface area contributed by atoms with Crippen LogP contribution in [0.2, 0.25) is 0 Å². The van der Waals surface area contributed by atoms with Crippen molar-refractivity contribution in [2.75, 3.05) is 12.8 Å². The molecule has 0 fully saturated rings. The van der Waals surface area contributed by atoms with Gasteiger partial charge in [0.25, 0.3) is 0 Å². The molecular weight excluding hydrogens is 226 g/mol. The number of ether oxygens (including phenoxy) is 1. The smallest absolute Gasteiger partial charge is 0.192 e. The fourth-order valence-electron chi connectivity index (χ4n) is 2.29. The Bertz CT molecular complexity index is 477. The van der Waals surface area contributed by atoms with Crippen LogP contribution in [-0.4, -0.2) is 12.9 Å². The van der Waals surface area contributed by atoms with Crippen LogP contribution in [0, 0.1) is 0 Å². The average Bonchev–Trinajstić information content (AvgIpc) is 2.66. The van der Waals surface area contributed by atoms with Gasteiger partial charge in [-0.15, -0.1) is 0 Å². The zero-order chi connectivity index (χ0) is 13.0. The number of methoxy groups -OCH3 is 1. The van der Waals surface area contributed by atoms with Gasteiger partial charge < -0.3 is 10.5 Å². The lowest BCUT2D eigenvalue weighted by Gasteiger charge is -2.10. The van der Waals surface area contributed by atoms with Crippen LogP contribution in [0.3, 0.4) is 0 Å². The van der Waals surface area contributed by atoms with Gasteiger partial charge in [-0.3, -0.25) is 4.79 Å². The summed E-state index contributed by atoms with van der Waals surface area (Å²) in [5.74, 6) is 0.638. The van der Waals surface area contributed by atoms with Crippen molar-refractivity contribution in [2.24, 2.45) is 0 Å². The lowest BCUT2D eigenvalue weighted by atomic mass is 9.98. The molecule has 1 aliphatic rings. The van der Waals surface area contributed by atoms with E-state index in [-0.39, 0.29) is 5.78 Å². The minimum Gasteiger partial charge on any atom is -0.496 e. The van der Waals surface area contributed by atoms with E-state index < -0.39 is 0 Å². The van der Waals surface area contributed by atoms with E-state index in [9.17, 15) is 4.79 Å². The minimum atomic E-state index is 0.0775. The third kappa shape index (κ3) is 2.73. The Kier molecular flexibility index (Phi) is 4.03. The zero-order valence-electron chi connectivity index (χ0n) is 10.7. The molecular formula is C15H19NO2. The molecule has 1 aromatic rings. The summed E-state index contributed by atoms with van der Waals surface area (Å²) in [6.07, 6.45) is 7.41. The van der Waals surface area contributed by atoms with E-state index in [1.165, 1.54) is 12.8 Å². The number of allylic oxidation sites excluding steroid dienone is 2. The SMILES string of the molecule is COc1cc(N)ccc1C(=O)C1=CCCCCC1. The molecule has 0 heterocycles. The monoisotopic (exact) mass is 245 g/mol. The number of carbonyl (C=O) groups excluding carboxylic acids is 1. The summed E-state index contributed by atoms with van der Waals surface area (Å²) < 4.78 is 5.24. The highest BCUT2D eigenvalue weighted by molar-refractivity contribution is 6.10. The van der Waals surface area contributed by atoms with Crippen LogP contribution in [0.25, 0.3) is 0 Å². The van der Waals surface area contributed by atoms with Gasteiger partial charge in [-0.25, -0.2) is 0 Å². The summed E-state index contributed by atoms with van der Waals surface area (Å²) in [6, 6.07) is 5.19. The summed E-state index contributed by atoms with van der Waals surface area (Å²) in [6.45, 7) is 0. The summed E-state index contributed by atoms with van der Waals surface area (Å²) in [7, 11) is 1.56. The lowest BCUT2D eigenvalue weighted by molar-refractivity contribution is 0.102. The van der Waals surface area contributed by atoms with Crippen LogP contribution in [0.15, 0.2) is 29.8 Å². The third-order valence-corrected chi connectivity index (χ3v) is 3.30. The second-order valence-corrected chi connectivity index (χ2v) is 4.62. The molecule has 0 unspecified atom stereocenters. The summed E-state index contributed by atoms with van der Waals surface area (Å²) in [5, 5.41) is 0. The molecule has 2 N–H and O–H groups in total. The number of nitrogen functional groups attached to an aromatic ring is 1. The second-order valence-electron chi connectivity index (χ2n) is 4.62. The summed E-state index contributed by atoms with van der Waals surface area (Å²) in [5.41, 5.74) is 7.83. The first-order valence-electron chi connectivity index (χ1n) is 6.39. The summed E-state index contributed by atoms with van der Waals surface area (Å²) in [4.78, 5) is 12.5. The predicted octanol–water partition coefficient (Wildman–Crippen LogP) is 3.35. The molecule has 0 atom stereocenters. The van der Waals surface area contributed by atoms with Crippen molar-refractivity contribution >= 4 is 11.5 Å². The molecule has 0 aromatic heterocycles. The van der Waals surface area contributed by atoms with Gasteiger partial charge in [0.2, 0.25) is 0 Å². The Morgan fingerprint density at radius 1 is 1.28 bits per heavy atom. The van der Waals surface area contributed by atoms with Crippen LogP contribution in [0.4, 0.5) is 5.69 Å². The van der Waals surface area contributed by atoms with Gasteiger partial charge in [-0.2, -0.15) is 0 Å². The van der Waals surface area contributed by atoms with Gasteiger partial charge in [0.05, 0.1) is 12.7 Å². The molecule has 96 valence electrons. The number of nitrogens with two attached hydrogens (primary N) is 1. The predicted molar refractivity (Wildman–Crippen MR) is 72.9 cm³/mol. The molecule has 0 saturated heterocycles. The maximum Gasteiger partial charge on any atom is 0.192 e. The number of rotatable bonds is 3. The number of carbonyl (C=O) groups is 1. The highest BCUT2D eigenvalue weighted by Crippen LogP contribution is 2.27. The Morgan fingerprint density at radius 2 is 2.11 bits per heavy atom. The Balaban J connectivity index is 2.30. The summed E-state index contributed by atoms with van der Waals surface area (Å²) >= 11 is 0. The Hall–Kier alpha value is -1.77. The number of Topliss-reactive ketones (excluding diaryl/α,β-unsaturated/α-hetero) is 1. The topological polar surface area (TPSA) is 52.3 Å². The van der Waals surface area contributed by atoms with E-state index >= 15 is 0 Å². The van der Waals surface area contributed by atoms with E-state index in [1.54, 1.807) is 25.3 Å². The average molecular weight is 245 g/mol. The van der Waals surface area contributed by atoms with Crippen molar-refractivity contribution in [3.63, 3.8) is 0 Å². The lowest BCUT2D eigenvalue weighted by Crippen LogP contribution is -2.06. The molecule has 0 spiro atoms. The highest BCUT2D eigenvalue weighted by atomic mass is 16.5.